The second kappa shape index (κ2) is 6.99. The van der Waals surface area contributed by atoms with Crippen LogP contribution in [0.5, 0.6) is 0 Å². The minimum atomic E-state index is 0. The molecule has 0 unspecified atom stereocenters. The van der Waals surface area contributed by atoms with E-state index in [1.54, 1.807) is 0 Å². The fourth-order valence-electron chi connectivity index (χ4n) is 1.32. The molecule has 0 amide bonds. The maximum Gasteiger partial charge on any atom is 0.152 e. The van der Waals surface area contributed by atoms with Crippen LogP contribution in [0.4, 0.5) is 0 Å². The quantitative estimate of drug-likeness (QED) is 0.741. The molecule has 0 aromatic rings. The number of hydrogen-bond acceptors (Lipinski definition) is 2. The van der Waals surface area contributed by atoms with Gasteiger partial charge in [-0.3, -0.25) is 4.79 Å². The summed E-state index contributed by atoms with van der Waals surface area (Å²) in [7, 11) is 0. The van der Waals surface area contributed by atoms with Crippen molar-refractivity contribution in [1.82, 2.24) is 5.32 Å². The number of rotatable bonds is 5. The lowest BCUT2D eigenvalue weighted by Crippen LogP contribution is -2.46. The lowest BCUT2D eigenvalue weighted by atomic mass is 9.92. The van der Waals surface area contributed by atoms with Crippen molar-refractivity contribution in [2.24, 2.45) is 11.8 Å². The highest BCUT2D eigenvalue weighted by atomic mass is 16.1. The molecule has 0 aliphatic heterocycles. The first-order valence-electron chi connectivity index (χ1n) is 5.16. The summed E-state index contributed by atoms with van der Waals surface area (Å²) in [5, 5.41) is 3.31. The smallest absolute Gasteiger partial charge is 0.152 e. The summed E-state index contributed by atoms with van der Waals surface area (Å²) >= 11 is 0. The summed E-state index contributed by atoms with van der Waals surface area (Å²) < 4.78 is 0. The molecule has 2 nitrogen and oxygen atoms in total. The molecule has 0 radical (unpaired) electrons. The number of hydrogen-bond donors (Lipinski definition) is 1. The number of carbonyl (C=O) groups excluding carboxylic acids is 1. The standard InChI is InChI=1S/C11H23NO.CH4/c1-7(2)10(12-9(5)6)11(13)8(3)4;/h7-10,12H,1-6H3;1H4/t10-;/m1./s1. The molecule has 0 heterocycles. The van der Waals surface area contributed by atoms with Gasteiger partial charge in [-0.2, -0.15) is 0 Å². The highest BCUT2D eigenvalue weighted by molar-refractivity contribution is 5.85. The van der Waals surface area contributed by atoms with Gasteiger partial charge >= 0.3 is 0 Å². The van der Waals surface area contributed by atoms with Gasteiger partial charge in [0.05, 0.1) is 6.04 Å². The SMILES string of the molecule is C.CC(C)N[C@@H](C(=O)C(C)C)C(C)C. The van der Waals surface area contributed by atoms with Crippen molar-refractivity contribution in [3.63, 3.8) is 0 Å². The highest BCUT2D eigenvalue weighted by Crippen LogP contribution is 2.09. The zero-order valence-corrected chi connectivity index (χ0v) is 9.72. The minimum Gasteiger partial charge on any atom is -0.305 e. The Hall–Kier alpha value is -0.370. The van der Waals surface area contributed by atoms with Gasteiger partial charge in [0.15, 0.2) is 5.78 Å². The van der Waals surface area contributed by atoms with Crippen molar-refractivity contribution in [3.05, 3.63) is 0 Å². The van der Waals surface area contributed by atoms with Gasteiger partial charge in [-0.1, -0.05) is 49.0 Å². The Morgan fingerprint density at radius 3 is 1.64 bits per heavy atom. The van der Waals surface area contributed by atoms with E-state index in [1.165, 1.54) is 0 Å². The van der Waals surface area contributed by atoms with Crippen molar-refractivity contribution < 1.29 is 4.79 Å². The molecule has 1 N–H and O–H groups in total. The molecule has 0 aromatic carbocycles. The zero-order valence-electron chi connectivity index (χ0n) is 9.72. The van der Waals surface area contributed by atoms with Crippen LogP contribution in [0.3, 0.4) is 0 Å². The number of nitrogens with one attached hydrogen (secondary N) is 1. The first-order chi connectivity index (χ1) is 5.86. The maximum absolute atomic E-state index is 11.8. The molecule has 0 rings (SSSR count). The van der Waals surface area contributed by atoms with Crippen LogP contribution in [-0.4, -0.2) is 17.9 Å². The van der Waals surface area contributed by atoms with E-state index in [0.29, 0.717) is 17.7 Å². The fraction of sp³-hybridized carbons (Fsp3) is 0.917. The van der Waals surface area contributed by atoms with Crippen molar-refractivity contribution in [1.29, 1.82) is 0 Å². The third-order valence-electron chi connectivity index (χ3n) is 2.06. The van der Waals surface area contributed by atoms with E-state index in [2.05, 4.69) is 33.0 Å². The molecular weight excluding hydrogens is 174 g/mol. The number of carbonyl (C=O) groups is 1. The van der Waals surface area contributed by atoms with Gasteiger partial charge < -0.3 is 5.32 Å². The Morgan fingerprint density at radius 2 is 1.43 bits per heavy atom. The van der Waals surface area contributed by atoms with Gasteiger partial charge in [0.1, 0.15) is 0 Å². The van der Waals surface area contributed by atoms with Crippen LogP contribution >= 0.6 is 0 Å². The van der Waals surface area contributed by atoms with Crippen LogP contribution in [0.25, 0.3) is 0 Å². The normalized spacial score (nSPS) is 13.2. The van der Waals surface area contributed by atoms with Crippen LogP contribution in [0.2, 0.25) is 0 Å². The average molecular weight is 201 g/mol. The van der Waals surface area contributed by atoms with Gasteiger partial charge in [0.25, 0.3) is 0 Å². The molecule has 0 bridgehead atoms. The third kappa shape index (κ3) is 5.38. The Balaban J connectivity index is 0. The molecule has 2 heteroatoms. The lowest BCUT2D eigenvalue weighted by Gasteiger charge is -2.25. The van der Waals surface area contributed by atoms with Crippen molar-refractivity contribution in [2.45, 2.75) is 61.1 Å². The van der Waals surface area contributed by atoms with Crippen LogP contribution in [0.1, 0.15) is 49.0 Å². The Kier molecular flexibility index (Phi) is 8.03. The second-order valence-corrected chi connectivity index (χ2v) is 4.60. The largest absolute Gasteiger partial charge is 0.305 e. The van der Waals surface area contributed by atoms with Crippen molar-refractivity contribution in [2.75, 3.05) is 0 Å². The summed E-state index contributed by atoms with van der Waals surface area (Å²) in [6.45, 7) is 12.2. The van der Waals surface area contributed by atoms with Gasteiger partial charge in [-0.15, -0.1) is 0 Å². The van der Waals surface area contributed by atoms with E-state index >= 15 is 0 Å². The van der Waals surface area contributed by atoms with E-state index < -0.39 is 0 Å². The maximum atomic E-state index is 11.8. The van der Waals surface area contributed by atoms with Gasteiger partial charge in [0, 0.05) is 12.0 Å². The van der Waals surface area contributed by atoms with E-state index in [4.69, 9.17) is 0 Å². The lowest BCUT2D eigenvalue weighted by molar-refractivity contribution is -0.125. The molecule has 0 saturated carbocycles. The van der Waals surface area contributed by atoms with Crippen LogP contribution < -0.4 is 5.32 Å². The van der Waals surface area contributed by atoms with E-state index in [-0.39, 0.29) is 19.4 Å². The van der Waals surface area contributed by atoms with E-state index in [0.717, 1.165) is 0 Å². The molecule has 0 saturated heterocycles. The molecule has 0 spiro atoms. The first kappa shape index (κ1) is 16.1. The molecule has 1 atom stereocenters. The number of Topliss-reactive ketones (excluding diaryl/α,β-unsaturated/α-hetero) is 1. The Morgan fingerprint density at radius 1 is 1.00 bits per heavy atom. The molecule has 14 heavy (non-hydrogen) atoms. The van der Waals surface area contributed by atoms with Gasteiger partial charge in [-0.25, -0.2) is 0 Å². The first-order valence-corrected chi connectivity index (χ1v) is 5.16. The summed E-state index contributed by atoms with van der Waals surface area (Å²) in [6.07, 6.45) is 0. The minimum absolute atomic E-state index is 0. The van der Waals surface area contributed by atoms with Crippen molar-refractivity contribution >= 4 is 5.78 Å². The zero-order chi connectivity index (χ0) is 10.6. The molecule has 0 aliphatic rings. The van der Waals surface area contributed by atoms with Crippen LogP contribution in [0.15, 0.2) is 0 Å². The average Bonchev–Trinajstić information content (AvgIpc) is 1.97. The predicted molar refractivity (Wildman–Crippen MR) is 63.5 cm³/mol. The van der Waals surface area contributed by atoms with Gasteiger partial charge in [0.2, 0.25) is 0 Å². The third-order valence-corrected chi connectivity index (χ3v) is 2.06. The number of ketones is 1. The predicted octanol–water partition coefficient (Wildman–Crippen LogP) is 2.87. The second-order valence-electron chi connectivity index (χ2n) is 4.60. The van der Waals surface area contributed by atoms with E-state index in [1.807, 2.05) is 13.8 Å². The molecule has 0 aromatic heterocycles. The summed E-state index contributed by atoms with van der Waals surface area (Å²) in [4.78, 5) is 11.8. The monoisotopic (exact) mass is 201 g/mol. The van der Waals surface area contributed by atoms with Gasteiger partial charge in [-0.05, 0) is 5.92 Å². The summed E-state index contributed by atoms with van der Waals surface area (Å²) in [5.74, 6) is 0.819. The van der Waals surface area contributed by atoms with E-state index in [9.17, 15) is 4.79 Å². The topological polar surface area (TPSA) is 29.1 Å². The van der Waals surface area contributed by atoms with Crippen LogP contribution in [0, 0.1) is 11.8 Å². The fourth-order valence-corrected chi connectivity index (χ4v) is 1.32. The molecular formula is C12H27NO. The summed E-state index contributed by atoms with van der Waals surface area (Å²) in [6, 6.07) is 0.384. The molecule has 86 valence electrons. The van der Waals surface area contributed by atoms with Crippen molar-refractivity contribution in [3.8, 4) is 0 Å². The Labute approximate surface area is 89.5 Å². The highest BCUT2D eigenvalue weighted by Gasteiger charge is 2.24. The summed E-state index contributed by atoms with van der Waals surface area (Å²) in [5.41, 5.74) is 0. The van der Waals surface area contributed by atoms with Crippen LogP contribution in [-0.2, 0) is 4.79 Å². The molecule has 0 aliphatic carbocycles. The molecule has 0 fully saturated rings. The Bertz CT molecular complexity index is 162.